The number of rotatable bonds is 8. The summed E-state index contributed by atoms with van der Waals surface area (Å²) in [4.78, 5) is 30.1. The molecule has 0 aliphatic heterocycles. The third-order valence-corrected chi connectivity index (χ3v) is 10.6. The van der Waals surface area contributed by atoms with Gasteiger partial charge in [-0.2, -0.15) is 0 Å². The van der Waals surface area contributed by atoms with Crippen LogP contribution in [0.15, 0.2) is 30.5 Å². The molecule has 7 nitrogen and oxygen atoms in total. The van der Waals surface area contributed by atoms with E-state index in [0.29, 0.717) is 24.0 Å². The fourth-order valence-corrected chi connectivity index (χ4v) is 8.88. The predicted octanol–water partition coefficient (Wildman–Crippen LogP) is 4.36. The van der Waals surface area contributed by atoms with Crippen molar-refractivity contribution in [2.24, 2.45) is 22.5 Å². The molecule has 1 aromatic heterocycles. The number of halogens is 1. The molecule has 2 saturated carbocycles. The second-order valence-electron chi connectivity index (χ2n) is 11.0. The number of carbonyl (C=O) groups is 2. The molecule has 9 heteroatoms. The van der Waals surface area contributed by atoms with Crippen LogP contribution < -0.4 is 10.5 Å². The van der Waals surface area contributed by atoms with Crippen LogP contribution in [-0.2, 0) is 19.4 Å². The lowest BCUT2D eigenvalue weighted by Crippen LogP contribution is -2.45. The zero-order valence-corrected chi connectivity index (χ0v) is 22.1. The molecule has 1 heterocycles. The van der Waals surface area contributed by atoms with Crippen LogP contribution >= 0.6 is 0 Å². The van der Waals surface area contributed by atoms with E-state index in [0.717, 1.165) is 6.42 Å². The number of ether oxygens (including phenoxy) is 1. The summed E-state index contributed by atoms with van der Waals surface area (Å²) in [5.41, 5.74) is 5.40. The number of hydrogen-bond donors (Lipinski definition) is 1. The number of benzene rings is 1. The number of aromatic nitrogens is 1. The van der Waals surface area contributed by atoms with Crippen molar-refractivity contribution in [1.82, 2.24) is 4.98 Å². The van der Waals surface area contributed by atoms with E-state index < -0.39 is 43.4 Å². The molecule has 0 radical (unpaired) electrons. The van der Waals surface area contributed by atoms with Crippen molar-refractivity contribution in [3.63, 3.8) is 0 Å². The van der Waals surface area contributed by atoms with Gasteiger partial charge in [-0.3, -0.25) is 9.59 Å². The zero-order valence-electron chi connectivity index (χ0n) is 21.3. The minimum atomic E-state index is -4.29. The number of carbonyl (C=O) groups excluding carboxylic acids is 2. The van der Waals surface area contributed by atoms with E-state index in [9.17, 15) is 22.4 Å². The highest BCUT2D eigenvalue weighted by atomic mass is 32.2. The molecule has 0 spiro atoms. The molecule has 2 bridgehead atoms. The number of amides is 1. The highest BCUT2D eigenvalue weighted by molar-refractivity contribution is 7.92. The molecule has 2 fully saturated rings. The number of sulfone groups is 1. The van der Waals surface area contributed by atoms with Gasteiger partial charge in [0.2, 0.25) is 11.8 Å². The van der Waals surface area contributed by atoms with Crippen LogP contribution in [0.3, 0.4) is 0 Å². The Balaban J connectivity index is 1.94. The Morgan fingerprint density at radius 2 is 1.97 bits per heavy atom. The molecule has 194 valence electrons. The summed E-state index contributed by atoms with van der Waals surface area (Å²) in [5.74, 6) is -2.11. The van der Waals surface area contributed by atoms with Gasteiger partial charge >= 0.3 is 0 Å². The molecule has 3 atom stereocenters. The Kier molecular flexibility index (Phi) is 6.52. The van der Waals surface area contributed by atoms with E-state index in [1.807, 2.05) is 13.8 Å². The topological polar surface area (TPSA) is 116 Å². The van der Waals surface area contributed by atoms with Crippen LogP contribution in [0.1, 0.15) is 69.3 Å². The first-order valence-electron chi connectivity index (χ1n) is 12.1. The maximum absolute atomic E-state index is 14.8. The molecule has 4 rings (SSSR count). The van der Waals surface area contributed by atoms with E-state index >= 15 is 0 Å². The van der Waals surface area contributed by atoms with Crippen LogP contribution in [0.5, 0.6) is 5.88 Å². The summed E-state index contributed by atoms with van der Waals surface area (Å²) in [6, 6.07) is 5.61. The van der Waals surface area contributed by atoms with Gasteiger partial charge in [-0.25, -0.2) is 17.8 Å². The predicted molar refractivity (Wildman–Crippen MR) is 135 cm³/mol. The molecular formula is C27H33FN2O5S. The molecule has 2 aliphatic rings. The summed E-state index contributed by atoms with van der Waals surface area (Å²) in [6.07, 6.45) is 3.04. The number of primary amides is 1. The number of methoxy groups -OCH3 is 1. The Morgan fingerprint density at radius 1 is 1.28 bits per heavy atom. The first kappa shape index (κ1) is 26.3. The van der Waals surface area contributed by atoms with Gasteiger partial charge in [0.05, 0.1) is 12.9 Å². The Hall–Kier alpha value is -2.81. The largest absolute Gasteiger partial charge is 0.481 e. The number of ketones is 1. The van der Waals surface area contributed by atoms with Crippen LogP contribution in [-0.4, -0.2) is 38.0 Å². The molecule has 2 unspecified atom stereocenters. The van der Waals surface area contributed by atoms with Crippen molar-refractivity contribution in [3.8, 4) is 17.0 Å². The number of pyridine rings is 1. The van der Waals surface area contributed by atoms with Crippen LogP contribution in [0, 0.1) is 22.6 Å². The maximum Gasteiger partial charge on any atom is 0.240 e. The third kappa shape index (κ3) is 4.01. The van der Waals surface area contributed by atoms with Gasteiger partial charge in [0.15, 0.2) is 15.1 Å². The Bertz CT molecular complexity index is 1340. The van der Waals surface area contributed by atoms with E-state index in [4.69, 9.17) is 10.5 Å². The fraction of sp³-hybridized carbons (Fsp3) is 0.519. The summed E-state index contributed by atoms with van der Waals surface area (Å²) < 4.78 is 48.3. The SMILES string of the molecule is COc1cc(-c2cc(F)cc(C(C)C)c2C(C(N)=O)S(=O)(=O)C[C@]23CCC(CC2=O)C3(C)C)ccn1. The first-order chi connectivity index (χ1) is 16.7. The smallest absolute Gasteiger partial charge is 0.240 e. The van der Waals surface area contributed by atoms with Crippen molar-refractivity contribution in [2.75, 3.05) is 12.9 Å². The van der Waals surface area contributed by atoms with Crippen molar-refractivity contribution in [3.05, 3.63) is 47.4 Å². The van der Waals surface area contributed by atoms with Gasteiger partial charge in [0, 0.05) is 24.1 Å². The van der Waals surface area contributed by atoms with Gasteiger partial charge in [-0.05, 0) is 70.5 Å². The van der Waals surface area contributed by atoms with Gasteiger partial charge < -0.3 is 10.5 Å². The van der Waals surface area contributed by atoms with Crippen LogP contribution in [0.4, 0.5) is 4.39 Å². The van der Waals surface area contributed by atoms with Crippen molar-refractivity contribution < 1.29 is 27.1 Å². The third-order valence-electron chi connectivity index (χ3n) is 8.52. The molecule has 2 aromatic rings. The quantitative estimate of drug-likeness (QED) is 0.557. The molecule has 36 heavy (non-hydrogen) atoms. The van der Waals surface area contributed by atoms with Crippen molar-refractivity contribution in [1.29, 1.82) is 0 Å². The standard InChI is InChI=1S/C27H33FN2O5S/c1-15(2)19-12-18(28)13-20(16-7-9-30-22(10-16)35-5)23(19)24(25(29)32)36(33,34)14-27-8-6-17(11-21(27)31)26(27,3)4/h7,9-10,12-13,15,17,24H,6,8,11,14H2,1-5H3,(H2,29,32)/t17?,24?,27-/m1/s1. The Labute approximate surface area is 211 Å². The van der Waals surface area contributed by atoms with Crippen molar-refractivity contribution >= 4 is 21.5 Å². The first-order valence-corrected chi connectivity index (χ1v) is 13.8. The van der Waals surface area contributed by atoms with Gasteiger partial charge in [0.25, 0.3) is 0 Å². The lowest BCUT2D eigenvalue weighted by Gasteiger charge is -2.37. The molecule has 1 aromatic carbocycles. The lowest BCUT2D eigenvalue weighted by atomic mass is 9.70. The van der Waals surface area contributed by atoms with E-state index in [1.165, 1.54) is 25.4 Å². The average Bonchev–Trinajstić information content (AvgIpc) is 3.13. The van der Waals surface area contributed by atoms with Gasteiger partial charge in [0.1, 0.15) is 11.6 Å². The fourth-order valence-electron chi connectivity index (χ4n) is 6.37. The molecule has 1 amide bonds. The molecular weight excluding hydrogens is 483 g/mol. The second-order valence-corrected chi connectivity index (χ2v) is 13.0. The highest BCUT2D eigenvalue weighted by Crippen LogP contribution is 2.64. The maximum atomic E-state index is 14.8. The number of hydrogen-bond acceptors (Lipinski definition) is 6. The average molecular weight is 517 g/mol. The van der Waals surface area contributed by atoms with Crippen molar-refractivity contribution in [2.45, 2.75) is 58.1 Å². The molecule has 2 aliphatic carbocycles. The highest BCUT2D eigenvalue weighted by Gasteiger charge is 2.66. The summed E-state index contributed by atoms with van der Waals surface area (Å²) in [7, 11) is -2.85. The summed E-state index contributed by atoms with van der Waals surface area (Å²) in [5, 5.41) is -1.75. The summed E-state index contributed by atoms with van der Waals surface area (Å²) >= 11 is 0. The van der Waals surface area contributed by atoms with Crippen LogP contribution in [0.2, 0.25) is 0 Å². The number of nitrogens with two attached hydrogens (primary N) is 1. The number of fused-ring (bicyclic) bond motifs is 2. The van der Waals surface area contributed by atoms with E-state index in [1.54, 1.807) is 26.0 Å². The van der Waals surface area contributed by atoms with E-state index in [-0.39, 0.29) is 34.6 Å². The lowest BCUT2D eigenvalue weighted by molar-refractivity contribution is -0.128. The summed E-state index contributed by atoms with van der Waals surface area (Å²) in [6.45, 7) is 7.47. The van der Waals surface area contributed by atoms with Gasteiger partial charge in [-0.15, -0.1) is 0 Å². The zero-order chi connectivity index (χ0) is 26.6. The number of nitrogens with zero attached hydrogens (tertiary/aromatic N) is 1. The minimum absolute atomic E-state index is 0.0715. The van der Waals surface area contributed by atoms with Crippen LogP contribution in [0.25, 0.3) is 11.1 Å². The normalized spacial score (nSPS) is 23.8. The molecule has 0 saturated heterocycles. The minimum Gasteiger partial charge on any atom is -0.481 e. The Morgan fingerprint density at radius 3 is 2.50 bits per heavy atom. The monoisotopic (exact) mass is 516 g/mol. The van der Waals surface area contributed by atoms with E-state index in [2.05, 4.69) is 4.98 Å². The number of Topliss-reactive ketones (excluding diaryl/α,β-unsaturated/α-hetero) is 1. The van der Waals surface area contributed by atoms with Gasteiger partial charge in [-0.1, -0.05) is 27.7 Å². The molecule has 2 N–H and O–H groups in total. The second kappa shape index (κ2) is 8.94.